The smallest absolute Gasteiger partial charge is 0.241 e. The molecule has 0 bridgehead atoms. The zero-order chi connectivity index (χ0) is 12.4. The van der Waals surface area contributed by atoms with Crippen LogP contribution < -0.4 is 10.6 Å². The summed E-state index contributed by atoms with van der Waals surface area (Å²) in [5.41, 5.74) is 1.95. The molecule has 1 saturated heterocycles. The van der Waals surface area contributed by atoms with Gasteiger partial charge in [-0.25, -0.2) is 0 Å². The first-order valence-corrected chi connectivity index (χ1v) is 6.44. The van der Waals surface area contributed by atoms with E-state index in [1.54, 1.807) is 0 Å². The molecule has 3 rings (SSSR count). The second kappa shape index (κ2) is 6.08. The van der Waals surface area contributed by atoms with E-state index in [1.165, 1.54) is 6.42 Å². The van der Waals surface area contributed by atoms with Gasteiger partial charge in [-0.2, -0.15) is 0 Å². The van der Waals surface area contributed by atoms with Gasteiger partial charge in [-0.15, -0.1) is 12.4 Å². The van der Waals surface area contributed by atoms with Gasteiger partial charge in [-0.05, 0) is 43.7 Å². The first-order valence-electron chi connectivity index (χ1n) is 6.44. The molecule has 3 N–H and O–H groups in total. The molecule has 1 atom stereocenters. The molecular weight excluding hydrogens is 262 g/mol. The first-order chi connectivity index (χ1) is 8.83. The number of halogens is 1. The summed E-state index contributed by atoms with van der Waals surface area (Å²) in [6.07, 6.45) is 5.12. The quantitative estimate of drug-likeness (QED) is 0.792. The molecule has 102 valence electrons. The van der Waals surface area contributed by atoms with E-state index in [1.807, 2.05) is 30.5 Å². The van der Waals surface area contributed by atoms with Crippen LogP contribution in [0, 0.1) is 0 Å². The molecule has 1 aromatic carbocycles. The second-order valence-corrected chi connectivity index (χ2v) is 4.77. The lowest BCUT2D eigenvalue weighted by atomic mass is 10.0. The fourth-order valence-corrected chi connectivity index (χ4v) is 2.44. The average Bonchev–Trinajstić information content (AvgIpc) is 2.87. The highest BCUT2D eigenvalue weighted by Crippen LogP contribution is 2.18. The fourth-order valence-electron chi connectivity index (χ4n) is 2.44. The van der Waals surface area contributed by atoms with Gasteiger partial charge in [0.05, 0.1) is 6.04 Å². The lowest BCUT2D eigenvalue weighted by Gasteiger charge is -2.22. The number of carbonyl (C=O) groups is 1. The van der Waals surface area contributed by atoms with E-state index in [4.69, 9.17) is 0 Å². The summed E-state index contributed by atoms with van der Waals surface area (Å²) < 4.78 is 0. The third-order valence-corrected chi connectivity index (χ3v) is 3.45. The Bertz CT molecular complexity index is 561. The maximum atomic E-state index is 12.1. The molecule has 2 heterocycles. The van der Waals surface area contributed by atoms with Gasteiger partial charge in [0.15, 0.2) is 0 Å². The summed E-state index contributed by atoms with van der Waals surface area (Å²) in [6.45, 7) is 0.939. The number of aromatic nitrogens is 1. The van der Waals surface area contributed by atoms with Crippen LogP contribution in [0.4, 0.5) is 5.69 Å². The molecule has 1 fully saturated rings. The number of amides is 1. The molecule has 1 aliphatic heterocycles. The van der Waals surface area contributed by atoms with Gasteiger partial charge in [0.2, 0.25) is 5.91 Å². The largest absolute Gasteiger partial charge is 0.361 e. The van der Waals surface area contributed by atoms with Crippen LogP contribution in [-0.4, -0.2) is 23.5 Å². The molecule has 1 aromatic heterocycles. The molecule has 0 aliphatic carbocycles. The van der Waals surface area contributed by atoms with E-state index in [0.717, 1.165) is 36.0 Å². The van der Waals surface area contributed by atoms with Crippen molar-refractivity contribution in [1.82, 2.24) is 10.3 Å². The third-order valence-electron chi connectivity index (χ3n) is 3.45. The minimum atomic E-state index is -0.0410. The number of carbonyl (C=O) groups excluding carboxylic acids is 1. The number of hydrogen-bond donors (Lipinski definition) is 3. The highest BCUT2D eigenvalue weighted by molar-refractivity contribution is 5.96. The van der Waals surface area contributed by atoms with Gasteiger partial charge < -0.3 is 15.6 Å². The molecular formula is C14H18ClN3O. The predicted molar refractivity (Wildman–Crippen MR) is 79.8 cm³/mol. The minimum absolute atomic E-state index is 0. The van der Waals surface area contributed by atoms with Crippen LogP contribution in [0.25, 0.3) is 10.9 Å². The van der Waals surface area contributed by atoms with E-state index >= 15 is 0 Å². The fraction of sp³-hybridized carbons (Fsp3) is 0.357. The summed E-state index contributed by atoms with van der Waals surface area (Å²) in [7, 11) is 0. The molecule has 0 saturated carbocycles. The molecule has 0 unspecified atom stereocenters. The first kappa shape index (κ1) is 13.9. The summed E-state index contributed by atoms with van der Waals surface area (Å²) in [5, 5.41) is 7.35. The van der Waals surface area contributed by atoms with E-state index in [0.29, 0.717) is 0 Å². The number of fused-ring (bicyclic) bond motifs is 1. The number of nitrogens with one attached hydrogen (secondary N) is 3. The Kier molecular flexibility index (Phi) is 4.45. The van der Waals surface area contributed by atoms with E-state index in [9.17, 15) is 4.79 Å². The van der Waals surface area contributed by atoms with Crippen LogP contribution in [0.3, 0.4) is 0 Å². The zero-order valence-electron chi connectivity index (χ0n) is 10.6. The van der Waals surface area contributed by atoms with Crippen LogP contribution in [-0.2, 0) is 4.79 Å². The maximum absolute atomic E-state index is 12.1. The number of aromatic amines is 1. The highest BCUT2D eigenvalue weighted by Gasteiger charge is 2.20. The molecule has 0 spiro atoms. The molecule has 1 amide bonds. The van der Waals surface area contributed by atoms with E-state index in [-0.39, 0.29) is 24.4 Å². The number of anilines is 1. The van der Waals surface area contributed by atoms with Gasteiger partial charge in [0.25, 0.3) is 0 Å². The summed E-state index contributed by atoms with van der Waals surface area (Å²) >= 11 is 0. The van der Waals surface area contributed by atoms with Crippen molar-refractivity contribution in [1.29, 1.82) is 0 Å². The van der Waals surface area contributed by atoms with Crippen molar-refractivity contribution < 1.29 is 4.79 Å². The van der Waals surface area contributed by atoms with Gasteiger partial charge in [0.1, 0.15) is 0 Å². The highest BCUT2D eigenvalue weighted by atomic mass is 35.5. The van der Waals surface area contributed by atoms with Crippen LogP contribution in [0.5, 0.6) is 0 Å². The molecule has 4 nitrogen and oxygen atoms in total. The Labute approximate surface area is 118 Å². The Morgan fingerprint density at radius 3 is 2.95 bits per heavy atom. The number of H-pyrrole nitrogens is 1. The second-order valence-electron chi connectivity index (χ2n) is 4.77. The Hall–Kier alpha value is -1.52. The van der Waals surface area contributed by atoms with Gasteiger partial charge in [0, 0.05) is 22.8 Å². The van der Waals surface area contributed by atoms with Crippen molar-refractivity contribution in [3.05, 3.63) is 30.5 Å². The number of piperidine rings is 1. The molecule has 0 radical (unpaired) electrons. The standard InChI is InChI=1S/C14H17N3O.ClH/c18-14(13-3-1-2-7-15-13)17-11-4-5-12-10(9-11)6-8-16-12;/h4-6,8-9,13,15-16H,1-3,7H2,(H,17,18);1H/t13-;/m1./s1. The van der Waals surface area contributed by atoms with Crippen molar-refractivity contribution in [2.24, 2.45) is 0 Å². The lowest BCUT2D eigenvalue weighted by Crippen LogP contribution is -2.43. The molecule has 19 heavy (non-hydrogen) atoms. The van der Waals surface area contributed by atoms with Crippen molar-refractivity contribution in [2.75, 3.05) is 11.9 Å². The Morgan fingerprint density at radius 2 is 2.16 bits per heavy atom. The molecule has 5 heteroatoms. The summed E-state index contributed by atoms with van der Waals surface area (Å²) in [5.74, 6) is 0.0737. The van der Waals surface area contributed by atoms with E-state index < -0.39 is 0 Å². The SMILES string of the molecule is Cl.O=C(Nc1ccc2[nH]ccc2c1)[C@H]1CCCCN1. The average molecular weight is 280 g/mol. The van der Waals surface area contributed by atoms with Crippen LogP contribution in [0.15, 0.2) is 30.5 Å². The van der Waals surface area contributed by atoms with Crippen LogP contribution >= 0.6 is 12.4 Å². The minimum Gasteiger partial charge on any atom is -0.361 e. The van der Waals surface area contributed by atoms with E-state index in [2.05, 4.69) is 15.6 Å². The number of hydrogen-bond acceptors (Lipinski definition) is 2. The number of rotatable bonds is 2. The third kappa shape index (κ3) is 3.08. The topological polar surface area (TPSA) is 56.9 Å². The number of benzene rings is 1. The van der Waals surface area contributed by atoms with Gasteiger partial charge in [-0.1, -0.05) is 6.42 Å². The van der Waals surface area contributed by atoms with Crippen molar-refractivity contribution in [2.45, 2.75) is 25.3 Å². The molecule has 1 aliphatic rings. The molecule has 2 aromatic rings. The van der Waals surface area contributed by atoms with Crippen LogP contribution in [0.1, 0.15) is 19.3 Å². The monoisotopic (exact) mass is 279 g/mol. The lowest BCUT2D eigenvalue weighted by molar-refractivity contribution is -0.118. The van der Waals surface area contributed by atoms with Crippen molar-refractivity contribution in [3.8, 4) is 0 Å². The summed E-state index contributed by atoms with van der Waals surface area (Å²) in [4.78, 5) is 15.2. The maximum Gasteiger partial charge on any atom is 0.241 e. The van der Waals surface area contributed by atoms with Gasteiger partial charge >= 0.3 is 0 Å². The van der Waals surface area contributed by atoms with Crippen molar-refractivity contribution in [3.63, 3.8) is 0 Å². The predicted octanol–water partition coefficient (Wildman–Crippen LogP) is 2.67. The summed E-state index contributed by atoms with van der Waals surface area (Å²) in [6, 6.07) is 7.87. The normalized spacial score (nSPS) is 18.8. The Morgan fingerprint density at radius 1 is 1.26 bits per heavy atom. The van der Waals surface area contributed by atoms with Gasteiger partial charge in [-0.3, -0.25) is 4.79 Å². The Balaban J connectivity index is 0.00000133. The van der Waals surface area contributed by atoms with Crippen LogP contribution in [0.2, 0.25) is 0 Å². The van der Waals surface area contributed by atoms with Crippen molar-refractivity contribution >= 4 is 34.9 Å². The zero-order valence-corrected chi connectivity index (χ0v) is 11.4.